The number of hydrogen-bond donors (Lipinski definition) is 4. The summed E-state index contributed by atoms with van der Waals surface area (Å²) in [6.45, 7) is 0. The Balaban J connectivity index is -0.0000000133. The van der Waals surface area contributed by atoms with Gasteiger partial charge in [0, 0.05) is 22.4 Å². The van der Waals surface area contributed by atoms with Gasteiger partial charge in [0.2, 0.25) is 0 Å². The van der Waals surface area contributed by atoms with Gasteiger partial charge in [-0.25, -0.2) is 0 Å². The largest absolute Gasteiger partial charge is 0 e. The Bertz CT molecular complexity index is 36.0. The van der Waals surface area contributed by atoms with Crippen LogP contribution >= 0.6 is 0 Å². The number of rotatable bonds is 0. The Morgan fingerprint density at radius 1 is 0.889 bits per heavy atom. The van der Waals surface area contributed by atoms with E-state index in [1.165, 1.54) is 0 Å². The molecule has 9 heavy (non-hydrogen) atoms. The van der Waals surface area contributed by atoms with E-state index < -0.39 is 9.05 Å². The third-order valence-corrected chi connectivity index (χ3v) is 0. The van der Waals surface area contributed by atoms with Crippen molar-refractivity contribution in [2.75, 3.05) is 0 Å². The monoisotopic (exact) mass is 469 g/mol. The van der Waals surface area contributed by atoms with Crippen molar-refractivity contribution in [3.05, 3.63) is 0 Å². The minimum absolute atomic E-state index is 0. The van der Waals surface area contributed by atoms with Crippen LogP contribution in [0, 0.1) is 0 Å². The Morgan fingerprint density at radius 3 is 0.889 bits per heavy atom. The first-order valence-corrected chi connectivity index (χ1v) is 2.68. The summed E-state index contributed by atoms with van der Waals surface area (Å²) in [5.74, 6) is 0. The summed E-state index contributed by atoms with van der Waals surface area (Å²) >= 11 is 0. The predicted octanol–water partition coefficient (Wildman–Crippen LogP) is -5.90. The van der Waals surface area contributed by atoms with Gasteiger partial charge >= 0.3 is 74.3 Å². The standard InChI is InChI=1S/Al.Ga.H4O4Si.Sr.Ta.8H/c;;1-5(2,3)4;;;;;;;;;;/h;;1-4H;;;;;;;;;;. The summed E-state index contributed by atoms with van der Waals surface area (Å²) in [6, 6.07) is 0. The summed E-state index contributed by atoms with van der Waals surface area (Å²) < 4.78 is 0. The second kappa shape index (κ2) is 14.0. The van der Waals surface area contributed by atoms with E-state index in [-0.39, 0.29) is 105 Å². The molecule has 4 nitrogen and oxygen atoms in total. The van der Waals surface area contributed by atoms with E-state index in [0.717, 1.165) is 0 Å². The van der Waals surface area contributed by atoms with Crippen LogP contribution < -0.4 is 0 Å². The van der Waals surface area contributed by atoms with Gasteiger partial charge < -0.3 is 19.2 Å². The first kappa shape index (κ1) is 29.4. The zero-order chi connectivity index (χ0) is 4.50. The third kappa shape index (κ3) is 86.0. The molecule has 53 valence electrons. The van der Waals surface area contributed by atoms with Crippen LogP contribution in [0.2, 0.25) is 0 Å². The quantitative estimate of drug-likeness (QED) is 0.267. The van der Waals surface area contributed by atoms with Gasteiger partial charge in [-0.3, -0.25) is 0 Å². The summed E-state index contributed by atoms with van der Waals surface area (Å²) in [5, 5.41) is 0. The molecule has 0 aliphatic carbocycles. The van der Waals surface area contributed by atoms with Crippen molar-refractivity contribution in [2.24, 2.45) is 0 Å². The van der Waals surface area contributed by atoms with Crippen LogP contribution in [0.3, 0.4) is 0 Å². The molecule has 0 aromatic carbocycles. The molecule has 0 rings (SSSR count). The van der Waals surface area contributed by atoms with E-state index in [1.54, 1.807) is 0 Å². The van der Waals surface area contributed by atoms with Crippen molar-refractivity contribution in [2.45, 2.75) is 0 Å². The zero-order valence-electron chi connectivity index (χ0n) is 2.74. The first-order chi connectivity index (χ1) is 2.00. The van der Waals surface area contributed by atoms with Crippen LogP contribution in [0.5, 0.6) is 0 Å². The Hall–Kier alpha value is 3.45. The fraction of sp³-hybridized carbons (Fsp3) is 0. The van der Waals surface area contributed by atoms with Gasteiger partial charge in [0.15, 0.2) is 17.4 Å². The fourth-order valence-electron chi connectivity index (χ4n) is 0. The molecule has 0 bridgehead atoms. The van der Waals surface area contributed by atoms with Crippen molar-refractivity contribution < 1.29 is 41.6 Å². The zero-order valence-corrected chi connectivity index (χ0v) is 6.95. The van der Waals surface area contributed by atoms with Gasteiger partial charge in [0.05, 0.1) is 0 Å². The molecular weight excluding hydrogens is 457 g/mol. The predicted molar refractivity (Wildman–Crippen MR) is 43.1 cm³/mol. The van der Waals surface area contributed by atoms with Crippen LogP contribution in [-0.4, -0.2) is 111 Å². The maximum Gasteiger partial charge on any atom is 0 e. The molecule has 0 atom stereocenters. The topological polar surface area (TPSA) is 80.9 Å². The average molecular weight is 469 g/mol. The molecule has 9 heteroatoms. The van der Waals surface area contributed by atoms with Gasteiger partial charge in [-0.1, -0.05) is 0 Å². The Morgan fingerprint density at radius 2 is 0.889 bits per heavy atom. The van der Waals surface area contributed by atoms with Crippen LogP contribution in [-0.2, 0) is 22.4 Å². The van der Waals surface area contributed by atoms with Crippen LogP contribution in [0.4, 0.5) is 0 Å². The molecule has 0 aromatic rings. The summed E-state index contributed by atoms with van der Waals surface area (Å²) in [4.78, 5) is 29.3. The summed E-state index contributed by atoms with van der Waals surface area (Å²) in [5.41, 5.74) is 0. The van der Waals surface area contributed by atoms with Crippen LogP contribution in [0.15, 0.2) is 0 Å². The molecule has 0 aromatic heterocycles. The van der Waals surface area contributed by atoms with Crippen LogP contribution in [0.25, 0.3) is 0 Å². The third-order valence-electron chi connectivity index (χ3n) is 0. The minimum Gasteiger partial charge on any atom is 0 e. The smallest absolute Gasteiger partial charge is 0 e. The van der Waals surface area contributed by atoms with Gasteiger partial charge in [0.25, 0.3) is 0 Å². The van der Waals surface area contributed by atoms with Crippen molar-refractivity contribution >= 4 is 91.7 Å². The van der Waals surface area contributed by atoms with Gasteiger partial charge in [-0.15, -0.1) is 0 Å². The van der Waals surface area contributed by atoms with Gasteiger partial charge in [0.1, 0.15) is 0 Å². The molecule has 0 heterocycles. The maximum atomic E-state index is 7.33. The SMILES string of the molecule is O[Si](O)(O)O.[AlH3].[GaH3].[SrH2].[Ta]. The molecule has 0 fully saturated rings. The van der Waals surface area contributed by atoms with Crippen molar-refractivity contribution in [3.63, 3.8) is 0 Å². The second-order valence-electron chi connectivity index (χ2n) is 0.600. The summed E-state index contributed by atoms with van der Waals surface area (Å²) in [6.07, 6.45) is 0. The van der Waals surface area contributed by atoms with Crippen molar-refractivity contribution in [3.8, 4) is 0 Å². The molecule has 0 unspecified atom stereocenters. The van der Waals surface area contributed by atoms with E-state index >= 15 is 0 Å². The first-order valence-electron chi connectivity index (χ1n) is 0.894. The molecule has 1 radical (unpaired) electrons. The fourth-order valence-corrected chi connectivity index (χ4v) is 0. The van der Waals surface area contributed by atoms with E-state index in [4.69, 9.17) is 19.2 Å². The average Bonchev–Trinajstić information content (AvgIpc) is 0.722. The van der Waals surface area contributed by atoms with E-state index in [2.05, 4.69) is 0 Å². The molecule has 0 spiro atoms. The molecular formula is H12AlGaO4SiSrTa. The summed E-state index contributed by atoms with van der Waals surface area (Å²) in [7, 11) is -4.61. The minimum atomic E-state index is -4.61. The Labute approximate surface area is 131 Å². The Kier molecular flexibility index (Phi) is 45.7. The van der Waals surface area contributed by atoms with Crippen molar-refractivity contribution in [1.82, 2.24) is 0 Å². The molecule has 0 saturated heterocycles. The van der Waals surface area contributed by atoms with Gasteiger partial charge in [-0.2, -0.15) is 0 Å². The molecule has 0 aliphatic rings. The van der Waals surface area contributed by atoms with E-state index in [0.29, 0.717) is 0 Å². The number of hydrogen-bond acceptors (Lipinski definition) is 4. The van der Waals surface area contributed by atoms with E-state index in [1.807, 2.05) is 0 Å². The van der Waals surface area contributed by atoms with Crippen molar-refractivity contribution in [1.29, 1.82) is 0 Å². The van der Waals surface area contributed by atoms with E-state index in [9.17, 15) is 0 Å². The van der Waals surface area contributed by atoms with Gasteiger partial charge in [-0.05, 0) is 0 Å². The molecule has 0 aliphatic heterocycles. The normalized spacial score (nSPS) is 6.67. The second-order valence-corrected chi connectivity index (χ2v) is 1.80. The molecule has 0 saturated carbocycles. The molecule has 0 amide bonds. The maximum absolute atomic E-state index is 7.33. The molecule has 4 N–H and O–H groups in total. The van der Waals surface area contributed by atoms with Crippen LogP contribution in [0.1, 0.15) is 0 Å².